The van der Waals surface area contributed by atoms with E-state index < -0.39 is 23.2 Å². The SMILES string of the molecule is COc1ccc(C2(C(=O)NC(Cc3ccc(C(F)(F)F)cc3)C(=O)N[C@@H]3CN4CCC3CC4)CC2)cc1. The van der Waals surface area contributed by atoms with Crippen LogP contribution < -0.4 is 15.4 Å². The fourth-order valence-corrected chi connectivity index (χ4v) is 5.66. The molecule has 2 atom stereocenters. The topological polar surface area (TPSA) is 70.7 Å². The molecule has 0 aromatic heterocycles. The molecule has 1 saturated carbocycles. The van der Waals surface area contributed by atoms with Crippen molar-refractivity contribution in [1.29, 1.82) is 0 Å². The van der Waals surface area contributed by atoms with Gasteiger partial charge in [0.15, 0.2) is 0 Å². The Morgan fingerprint density at radius 2 is 1.70 bits per heavy atom. The Morgan fingerprint density at radius 1 is 1.05 bits per heavy atom. The summed E-state index contributed by atoms with van der Waals surface area (Å²) in [6, 6.07) is 11.2. The van der Waals surface area contributed by atoms with Crippen molar-refractivity contribution < 1.29 is 27.5 Å². The number of hydrogen-bond donors (Lipinski definition) is 2. The number of carbonyl (C=O) groups is 2. The minimum atomic E-state index is -4.43. The number of fused-ring (bicyclic) bond motifs is 3. The molecule has 0 spiro atoms. The van der Waals surface area contributed by atoms with Crippen molar-refractivity contribution in [1.82, 2.24) is 15.5 Å². The van der Waals surface area contributed by atoms with Gasteiger partial charge >= 0.3 is 6.18 Å². The molecule has 1 aliphatic carbocycles. The number of halogens is 3. The van der Waals surface area contributed by atoms with E-state index in [9.17, 15) is 22.8 Å². The Kier molecular flexibility index (Phi) is 6.91. The Morgan fingerprint density at radius 3 is 2.22 bits per heavy atom. The van der Waals surface area contributed by atoms with E-state index in [-0.39, 0.29) is 24.3 Å². The summed E-state index contributed by atoms with van der Waals surface area (Å²) in [6.07, 6.45) is -0.937. The fraction of sp³-hybridized carbons (Fsp3) is 0.500. The first-order chi connectivity index (χ1) is 17.7. The number of ether oxygens (including phenoxy) is 1. The van der Waals surface area contributed by atoms with E-state index in [0.717, 1.165) is 50.2 Å². The zero-order valence-corrected chi connectivity index (χ0v) is 20.8. The number of alkyl halides is 3. The van der Waals surface area contributed by atoms with Crippen molar-refractivity contribution in [2.75, 3.05) is 26.7 Å². The third-order valence-corrected chi connectivity index (χ3v) is 8.15. The van der Waals surface area contributed by atoms with Crippen LogP contribution in [0.4, 0.5) is 13.2 Å². The highest BCUT2D eigenvalue weighted by Crippen LogP contribution is 2.48. The standard InChI is InChI=1S/C28H32F3N3O3/c1-37-22-8-6-20(7-9-22)27(12-13-27)26(36)33-23(16-18-2-4-21(5-3-18)28(29,30)31)25(35)32-24-17-34-14-10-19(24)11-15-34/h2-9,19,23-24H,10-17H2,1H3,(H,32,35)(H,33,36)/t23?,24-/m1/s1. The van der Waals surface area contributed by atoms with Gasteiger partial charge < -0.3 is 20.3 Å². The summed E-state index contributed by atoms with van der Waals surface area (Å²) < 4.78 is 44.3. The van der Waals surface area contributed by atoms with Gasteiger partial charge in [-0.2, -0.15) is 13.2 Å². The molecule has 2 amide bonds. The number of benzene rings is 2. The first-order valence-corrected chi connectivity index (χ1v) is 12.8. The molecule has 3 saturated heterocycles. The van der Waals surface area contributed by atoms with E-state index in [2.05, 4.69) is 15.5 Å². The molecular weight excluding hydrogens is 483 g/mol. The second-order valence-corrected chi connectivity index (χ2v) is 10.5. The maximum Gasteiger partial charge on any atom is 0.416 e. The predicted molar refractivity (Wildman–Crippen MR) is 132 cm³/mol. The van der Waals surface area contributed by atoms with Gasteiger partial charge in [-0.25, -0.2) is 0 Å². The van der Waals surface area contributed by atoms with Gasteiger partial charge in [-0.3, -0.25) is 9.59 Å². The molecule has 4 fully saturated rings. The average Bonchev–Trinajstić information content (AvgIpc) is 3.71. The smallest absolute Gasteiger partial charge is 0.416 e. The molecule has 2 aromatic rings. The molecule has 3 heterocycles. The molecular formula is C28H32F3N3O3. The van der Waals surface area contributed by atoms with Gasteiger partial charge in [-0.1, -0.05) is 24.3 Å². The lowest BCUT2D eigenvalue weighted by atomic mass is 9.84. The predicted octanol–water partition coefficient (Wildman–Crippen LogP) is 3.68. The number of piperidine rings is 3. The van der Waals surface area contributed by atoms with Crippen LogP contribution in [0.5, 0.6) is 5.75 Å². The van der Waals surface area contributed by atoms with E-state index in [1.807, 2.05) is 24.3 Å². The first kappa shape index (κ1) is 25.6. The number of rotatable bonds is 8. The fourth-order valence-electron chi connectivity index (χ4n) is 5.66. The zero-order chi connectivity index (χ0) is 26.2. The van der Waals surface area contributed by atoms with Crippen molar-refractivity contribution in [3.63, 3.8) is 0 Å². The van der Waals surface area contributed by atoms with Crippen LogP contribution in [0.25, 0.3) is 0 Å². The van der Waals surface area contributed by atoms with E-state index in [1.165, 1.54) is 12.1 Å². The number of nitrogens with zero attached hydrogens (tertiary/aromatic N) is 1. The number of nitrogens with one attached hydrogen (secondary N) is 2. The Bertz CT molecular complexity index is 1120. The summed E-state index contributed by atoms with van der Waals surface area (Å²) in [5.74, 6) is 0.568. The number of methoxy groups -OCH3 is 1. The van der Waals surface area contributed by atoms with Gasteiger partial charge in [0, 0.05) is 19.0 Å². The molecule has 2 N–H and O–H groups in total. The van der Waals surface area contributed by atoms with Crippen molar-refractivity contribution >= 4 is 11.8 Å². The van der Waals surface area contributed by atoms with E-state index in [4.69, 9.17) is 4.74 Å². The van der Waals surface area contributed by atoms with E-state index in [1.54, 1.807) is 7.11 Å². The lowest BCUT2D eigenvalue weighted by molar-refractivity contribution is -0.137. The molecule has 2 bridgehead atoms. The molecule has 3 aliphatic heterocycles. The minimum absolute atomic E-state index is 0.0125. The highest BCUT2D eigenvalue weighted by atomic mass is 19.4. The quantitative estimate of drug-likeness (QED) is 0.563. The minimum Gasteiger partial charge on any atom is -0.497 e. The van der Waals surface area contributed by atoms with Crippen LogP contribution in [0.3, 0.4) is 0 Å². The molecule has 0 radical (unpaired) electrons. The molecule has 4 aliphatic rings. The summed E-state index contributed by atoms with van der Waals surface area (Å²) in [4.78, 5) is 29.3. The summed E-state index contributed by atoms with van der Waals surface area (Å²) >= 11 is 0. The monoisotopic (exact) mass is 515 g/mol. The Labute approximate surface area is 214 Å². The van der Waals surface area contributed by atoms with Crippen LogP contribution in [-0.2, 0) is 27.6 Å². The highest BCUT2D eigenvalue weighted by molar-refractivity contribution is 5.95. The van der Waals surface area contributed by atoms with Gasteiger partial charge in [0.1, 0.15) is 11.8 Å². The molecule has 9 heteroatoms. The Hall–Kier alpha value is -3.07. The molecule has 1 unspecified atom stereocenters. The molecule has 2 aromatic carbocycles. The lowest BCUT2D eigenvalue weighted by Gasteiger charge is -2.45. The summed E-state index contributed by atoms with van der Waals surface area (Å²) in [6.45, 7) is 2.85. The summed E-state index contributed by atoms with van der Waals surface area (Å²) in [5.41, 5.74) is -0.0425. The second-order valence-electron chi connectivity index (χ2n) is 10.5. The summed E-state index contributed by atoms with van der Waals surface area (Å²) in [7, 11) is 1.58. The van der Waals surface area contributed by atoms with Gasteiger partial charge in [-0.05, 0) is 80.1 Å². The van der Waals surface area contributed by atoms with Gasteiger partial charge in [0.2, 0.25) is 11.8 Å². The number of amides is 2. The van der Waals surface area contributed by atoms with Crippen LogP contribution in [-0.4, -0.2) is 55.5 Å². The van der Waals surface area contributed by atoms with E-state index in [0.29, 0.717) is 30.1 Å². The Balaban J connectivity index is 1.33. The molecule has 6 nitrogen and oxygen atoms in total. The zero-order valence-electron chi connectivity index (χ0n) is 20.8. The third kappa shape index (κ3) is 5.46. The third-order valence-electron chi connectivity index (χ3n) is 8.15. The molecule has 37 heavy (non-hydrogen) atoms. The van der Waals surface area contributed by atoms with E-state index >= 15 is 0 Å². The first-order valence-electron chi connectivity index (χ1n) is 12.8. The molecule has 6 rings (SSSR count). The molecule has 198 valence electrons. The number of hydrogen-bond acceptors (Lipinski definition) is 4. The van der Waals surface area contributed by atoms with Gasteiger partial charge in [0.05, 0.1) is 18.1 Å². The summed E-state index contributed by atoms with van der Waals surface area (Å²) in [5, 5.41) is 6.10. The number of carbonyl (C=O) groups excluding carboxylic acids is 2. The van der Waals surface area contributed by atoms with Gasteiger partial charge in [0.25, 0.3) is 0 Å². The van der Waals surface area contributed by atoms with Crippen LogP contribution in [0.2, 0.25) is 0 Å². The van der Waals surface area contributed by atoms with Gasteiger partial charge in [-0.15, -0.1) is 0 Å². The maximum absolute atomic E-state index is 13.5. The second kappa shape index (κ2) is 10.0. The average molecular weight is 516 g/mol. The van der Waals surface area contributed by atoms with Crippen molar-refractivity contribution in [2.24, 2.45) is 5.92 Å². The van der Waals surface area contributed by atoms with Crippen LogP contribution in [0.15, 0.2) is 48.5 Å². The van der Waals surface area contributed by atoms with Crippen LogP contribution in [0.1, 0.15) is 42.4 Å². The maximum atomic E-state index is 13.5. The largest absolute Gasteiger partial charge is 0.497 e. The van der Waals surface area contributed by atoms with Crippen LogP contribution in [0, 0.1) is 5.92 Å². The van der Waals surface area contributed by atoms with Crippen molar-refractivity contribution in [2.45, 2.75) is 55.8 Å². The van der Waals surface area contributed by atoms with Crippen molar-refractivity contribution in [3.8, 4) is 5.75 Å². The normalized spacial score (nSPS) is 24.7. The highest BCUT2D eigenvalue weighted by Gasteiger charge is 2.52. The van der Waals surface area contributed by atoms with Crippen LogP contribution >= 0.6 is 0 Å². The lowest BCUT2D eigenvalue weighted by Crippen LogP contribution is -2.60. The van der Waals surface area contributed by atoms with Crippen molar-refractivity contribution in [3.05, 3.63) is 65.2 Å².